The fraction of sp³-hybridized carbons (Fsp3) is 0.292. The zero-order chi connectivity index (χ0) is 34.6. The molecule has 0 fully saturated rings. The maximum Gasteiger partial charge on any atom is 0.0721 e. The van der Waals surface area contributed by atoms with Crippen molar-refractivity contribution in [3.63, 3.8) is 0 Å². The lowest BCUT2D eigenvalue weighted by Gasteiger charge is -2.44. The molecule has 0 aliphatic carbocycles. The highest BCUT2D eigenvalue weighted by Gasteiger charge is 2.34. The fourth-order valence-electron chi connectivity index (χ4n) is 8.14. The van der Waals surface area contributed by atoms with Crippen molar-refractivity contribution in [1.82, 2.24) is 9.80 Å². The van der Waals surface area contributed by atoms with E-state index in [4.69, 9.17) is 0 Å². The molecule has 5 aromatic carbocycles. The van der Waals surface area contributed by atoms with Crippen LogP contribution in [0, 0.1) is 13.8 Å². The van der Waals surface area contributed by atoms with Crippen LogP contribution < -0.4 is 0 Å². The van der Waals surface area contributed by atoms with Gasteiger partial charge in [-0.3, -0.25) is 0 Å². The highest BCUT2D eigenvalue weighted by Crippen LogP contribution is 2.42. The SMILES string of the molecule is CCCCCCCCc1cccc(-c2cccc(C3=CC(c4ccc5ccccc5c4)=C4C=C(c5c(C)cccc5C)N(C)CC4N3C)c2)c1. The molecule has 0 N–H and O–H groups in total. The van der Waals surface area contributed by atoms with E-state index in [0.29, 0.717) is 0 Å². The average molecular weight is 657 g/mol. The smallest absolute Gasteiger partial charge is 0.0721 e. The minimum atomic E-state index is 0.221. The molecule has 2 aliphatic rings. The van der Waals surface area contributed by atoms with Crippen molar-refractivity contribution in [2.75, 3.05) is 20.6 Å². The Balaban J connectivity index is 1.29. The molecular weight excluding hydrogens is 605 g/mol. The summed E-state index contributed by atoms with van der Waals surface area (Å²) in [5.41, 5.74) is 15.8. The molecule has 2 aliphatic heterocycles. The van der Waals surface area contributed by atoms with Gasteiger partial charge in [0.05, 0.1) is 6.04 Å². The van der Waals surface area contributed by atoms with Crippen LogP contribution in [0.5, 0.6) is 0 Å². The summed E-state index contributed by atoms with van der Waals surface area (Å²) in [6, 6.07) is 41.0. The number of hydrogen-bond acceptors (Lipinski definition) is 2. The van der Waals surface area contributed by atoms with E-state index >= 15 is 0 Å². The number of unbranched alkanes of at least 4 members (excludes halogenated alkanes) is 5. The highest BCUT2D eigenvalue weighted by atomic mass is 15.2. The van der Waals surface area contributed by atoms with E-state index in [1.807, 2.05) is 0 Å². The Morgan fingerprint density at radius 2 is 1.26 bits per heavy atom. The molecule has 0 saturated heterocycles. The van der Waals surface area contributed by atoms with E-state index in [9.17, 15) is 0 Å². The van der Waals surface area contributed by atoms with Crippen molar-refractivity contribution >= 4 is 27.7 Å². The van der Waals surface area contributed by atoms with Gasteiger partial charge >= 0.3 is 0 Å². The highest BCUT2D eigenvalue weighted by molar-refractivity contribution is 5.95. The first-order valence-corrected chi connectivity index (χ1v) is 18.8. The second-order valence-corrected chi connectivity index (χ2v) is 14.6. The van der Waals surface area contributed by atoms with Gasteiger partial charge in [0.15, 0.2) is 0 Å². The number of aryl methyl sites for hydroxylation is 3. The van der Waals surface area contributed by atoms with Crippen LogP contribution in [0.1, 0.15) is 78.8 Å². The Kier molecular flexibility index (Phi) is 10.1. The topological polar surface area (TPSA) is 6.48 Å². The molecule has 0 spiro atoms. The number of fused-ring (bicyclic) bond motifs is 2. The first-order chi connectivity index (χ1) is 24.4. The first kappa shape index (κ1) is 33.7. The second kappa shape index (κ2) is 15.0. The summed E-state index contributed by atoms with van der Waals surface area (Å²) >= 11 is 0. The van der Waals surface area contributed by atoms with Crippen LogP contribution in [0.15, 0.2) is 127 Å². The van der Waals surface area contributed by atoms with Gasteiger partial charge in [-0.05, 0) is 112 Å². The van der Waals surface area contributed by atoms with E-state index in [0.717, 1.165) is 13.0 Å². The van der Waals surface area contributed by atoms with Gasteiger partial charge in [0.25, 0.3) is 0 Å². The molecule has 254 valence electrons. The molecule has 0 saturated carbocycles. The van der Waals surface area contributed by atoms with Crippen LogP contribution in [-0.4, -0.2) is 36.5 Å². The summed E-state index contributed by atoms with van der Waals surface area (Å²) in [5, 5.41) is 2.55. The zero-order valence-electron chi connectivity index (χ0n) is 30.7. The Morgan fingerprint density at radius 1 is 0.580 bits per heavy atom. The largest absolute Gasteiger partial charge is 0.372 e. The Morgan fingerprint density at radius 3 is 2.06 bits per heavy atom. The molecule has 0 bridgehead atoms. The minimum absolute atomic E-state index is 0.221. The van der Waals surface area contributed by atoms with Gasteiger partial charge in [0.2, 0.25) is 0 Å². The summed E-state index contributed by atoms with van der Waals surface area (Å²) in [6.45, 7) is 7.68. The summed E-state index contributed by atoms with van der Waals surface area (Å²) in [7, 11) is 4.54. The van der Waals surface area contributed by atoms with E-state index in [-0.39, 0.29) is 6.04 Å². The second-order valence-electron chi connectivity index (χ2n) is 14.6. The normalized spacial score (nSPS) is 16.1. The maximum absolute atomic E-state index is 2.52. The van der Waals surface area contributed by atoms with Crippen molar-refractivity contribution in [3.8, 4) is 11.1 Å². The summed E-state index contributed by atoms with van der Waals surface area (Å²) in [4.78, 5) is 4.98. The van der Waals surface area contributed by atoms with Gasteiger partial charge in [-0.1, -0.05) is 136 Å². The quantitative estimate of drug-likeness (QED) is 0.131. The van der Waals surface area contributed by atoms with Crippen LogP contribution in [0.2, 0.25) is 0 Å². The first-order valence-electron chi connectivity index (χ1n) is 18.8. The molecule has 0 amide bonds. The zero-order valence-corrected chi connectivity index (χ0v) is 30.7. The van der Waals surface area contributed by atoms with Crippen LogP contribution >= 0.6 is 0 Å². The van der Waals surface area contributed by atoms with E-state index < -0.39 is 0 Å². The van der Waals surface area contributed by atoms with Crippen molar-refractivity contribution < 1.29 is 0 Å². The molecular formula is C48H52N2. The van der Waals surface area contributed by atoms with Crippen molar-refractivity contribution in [1.29, 1.82) is 0 Å². The molecule has 2 heteroatoms. The molecule has 0 radical (unpaired) electrons. The lowest BCUT2D eigenvalue weighted by atomic mass is 9.83. The maximum atomic E-state index is 2.52. The van der Waals surface area contributed by atoms with Crippen molar-refractivity contribution in [2.24, 2.45) is 0 Å². The van der Waals surface area contributed by atoms with Gasteiger partial charge in [0.1, 0.15) is 0 Å². The molecule has 50 heavy (non-hydrogen) atoms. The number of rotatable bonds is 11. The number of hydrogen-bond donors (Lipinski definition) is 0. The van der Waals surface area contributed by atoms with E-state index in [2.05, 4.69) is 166 Å². The Labute approximate surface area is 300 Å². The molecule has 0 aromatic heterocycles. The van der Waals surface area contributed by atoms with Crippen molar-refractivity contribution in [3.05, 3.63) is 160 Å². The van der Waals surface area contributed by atoms with E-state index in [1.165, 1.54) is 116 Å². The van der Waals surface area contributed by atoms with E-state index in [1.54, 1.807) is 0 Å². The fourth-order valence-corrected chi connectivity index (χ4v) is 8.14. The summed E-state index contributed by atoms with van der Waals surface area (Å²) in [5.74, 6) is 0. The lowest BCUT2D eigenvalue weighted by molar-refractivity contribution is 0.308. The molecule has 7 rings (SSSR count). The van der Waals surface area contributed by atoms with Gasteiger partial charge in [0, 0.05) is 37.6 Å². The molecule has 5 aromatic rings. The van der Waals surface area contributed by atoms with Crippen LogP contribution in [-0.2, 0) is 6.42 Å². The third kappa shape index (κ3) is 6.94. The third-order valence-electron chi connectivity index (χ3n) is 11.0. The third-order valence-corrected chi connectivity index (χ3v) is 11.0. The lowest BCUT2D eigenvalue weighted by Crippen LogP contribution is -2.45. The van der Waals surface area contributed by atoms with Gasteiger partial charge < -0.3 is 9.80 Å². The van der Waals surface area contributed by atoms with Crippen molar-refractivity contribution in [2.45, 2.75) is 71.8 Å². The van der Waals surface area contributed by atoms with Gasteiger partial charge in [-0.15, -0.1) is 0 Å². The number of likely N-dealkylation sites (N-methyl/N-ethyl adjacent to an activating group) is 2. The molecule has 1 unspecified atom stereocenters. The predicted octanol–water partition coefficient (Wildman–Crippen LogP) is 12.1. The summed E-state index contributed by atoms with van der Waals surface area (Å²) < 4.78 is 0. The number of nitrogens with zero attached hydrogens (tertiary/aromatic N) is 2. The Hall–Kier alpha value is -4.82. The van der Waals surface area contributed by atoms with Crippen LogP contribution in [0.4, 0.5) is 0 Å². The number of allylic oxidation sites excluding steroid dienone is 2. The van der Waals surface area contributed by atoms with Crippen LogP contribution in [0.3, 0.4) is 0 Å². The van der Waals surface area contributed by atoms with Gasteiger partial charge in [-0.25, -0.2) is 0 Å². The Bertz CT molecular complexity index is 2070. The minimum Gasteiger partial charge on any atom is -0.372 e. The van der Waals surface area contributed by atoms with Crippen LogP contribution in [0.25, 0.3) is 38.9 Å². The predicted molar refractivity (Wildman–Crippen MR) is 216 cm³/mol. The number of benzene rings is 5. The van der Waals surface area contributed by atoms with Gasteiger partial charge in [-0.2, -0.15) is 0 Å². The average Bonchev–Trinajstić information content (AvgIpc) is 3.13. The molecule has 2 heterocycles. The molecule has 1 atom stereocenters. The standard InChI is InChI=1S/C48H52N2/c1-6-7-8-9-10-11-19-36-20-15-23-38(28-36)40-24-16-25-42(30-40)45-31-43(41-27-26-37-21-12-13-22-39(37)29-41)44-32-46(49(4)33-47(44)50(45)5)48-34(2)17-14-18-35(48)3/h12-18,20-32,47H,6-11,19,33H2,1-5H3. The monoisotopic (exact) mass is 656 g/mol. The summed E-state index contributed by atoms with van der Waals surface area (Å²) in [6.07, 6.45) is 14.1. The molecule has 2 nitrogen and oxygen atoms in total.